The highest BCUT2D eigenvalue weighted by molar-refractivity contribution is 5.96. The molecule has 6 heteroatoms. The lowest BCUT2D eigenvalue weighted by atomic mass is 9.56. The number of aromatic amines is 1. The smallest absolute Gasteiger partial charge is 0.251 e. The van der Waals surface area contributed by atoms with Gasteiger partial charge in [-0.2, -0.15) is 0 Å². The lowest BCUT2D eigenvalue weighted by Crippen LogP contribution is -2.50. The summed E-state index contributed by atoms with van der Waals surface area (Å²) >= 11 is 0. The Hall–Kier alpha value is -3.15. The van der Waals surface area contributed by atoms with Gasteiger partial charge < -0.3 is 15.6 Å². The second-order valence-electron chi connectivity index (χ2n) is 13.2. The van der Waals surface area contributed by atoms with Crippen molar-refractivity contribution in [3.63, 3.8) is 0 Å². The molecule has 3 bridgehead atoms. The number of hydrogen-bond donors (Lipinski definition) is 3. The Morgan fingerprint density at radius 2 is 1.76 bits per heavy atom. The molecular formula is C32H36N4O2. The summed E-state index contributed by atoms with van der Waals surface area (Å²) < 4.78 is 0. The number of hydrogen-bond acceptors (Lipinski definition) is 3. The second kappa shape index (κ2) is 8.17. The van der Waals surface area contributed by atoms with E-state index in [0.29, 0.717) is 5.41 Å². The van der Waals surface area contributed by atoms with E-state index >= 15 is 0 Å². The average molecular weight is 509 g/mol. The minimum Gasteiger partial charge on any atom is -0.347 e. The highest BCUT2D eigenvalue weighted by atomic mass is 16.2. The third-order valence-electron chi connectivity index (χ3n) is 11.0. The molecule has 5 saturated carbocycles. The Morgan fingerprint density at radius 3 is 2.61 bits per heavy atom. The topological polar surface area (TPSA) is 86.9 Å². The Balaban J connectivity index is 0.965. The van der Waals surface area contributed by atoms with Crippen molar-refractivity contribution in [3.05, 3.63) is 48.0 Å². The first-order valence-corrected chi connectivity index (χ1v) is 14.7. The van der Waals surface area contributed by atoms with Crippen molar-refractivity contribution in [3.8, 4) is 11.4 Å². The van der Waals surface area contributed by atoms with Crippen molar-refractivity contribution in [2.45, 2.75) is 76.2 Å². The van der Waals surface area contributed by atoms with Crippen molar-refractivity contribution in [1.29, 1.82) is 0 Å². The summed E-state index contributed by atoms with van der Waals surface area (Å²) in [5.74, 6) is 3.68. The molecule has 1 spiro atoms. The van der Waals surface area contributed by atoms with E-state index in [1.54, 1.807) is 0 Å². The maximum Gasteiger partial charge on any atom is 0.251 e. The van der Waals surface area contributed by atoms with Crippen molar-refractivity contribution in [1.82, 2.24) is 15.3 Å². The van der Waals surface area contributed by atoms with Gasteiger partial charge in [0.05, 0.1) is 11.0 Å². The second-order valence-corrected chi connectivity index (χ2v) is 13.2. The Morgan fingerprint density at radius 1 is 0.921 bits per heavy atom. The Labute approximate surface area is 223 Å². The largest absolute Gasteiger partial charge is 0.347 e. The van der Waals surface area contributed by atoms with Crippen molar-refractivity contribution in [2.75, 3.05) is 5.32 Å². The van der Waals surface area contributed by atoms with E-state index in [1.165, 1.54) is 44.9 Å². The van der Waals surface area contributed by atoms with Crippen LogP contribution in [0.3, 0.4) is 0 Å². The normalized spacial score (nSPS) is 33.2. The number of rotatable bonds is 5. The van der Waals surface area contributed by atoms with Gasteiger partial charge in [-0.05, 0) is 105 Å². The van der Waals surface area contributed by atoms with Gasteiger partial charge in [0.2, 0.25) is 5.91 Å². The van der Waals surface area contributed by atoms with Gasteiger partial charge in [-0.25, -0.2) is 4.98 Å². The third-order valence-corrected chi connectivity index (χ3v) is 11.0. The summed E-state index contributed by atoms with van der Waals surface area (Å²) in [5.41, 5.74) is 4.81. The number of carbonyl (C=O) groups excluding carboxylic acids is 2. The van der Waals surface area contributed by atoms with E-state index in [2.05, 4.69) is 15.6 Å². The lowest BCUT2D eigenvalue weighted by molar-refractivity contribution is -0.120. The number of nitrogens with zero attached hydrogens (tertiary/aromatic N) is 1. The molecule has 5 aliphatic carbocycles. The zero-order valence-corrected chi connectivity index (χ0v) is 21.9. The van der Waals surface area contributed by atoms with Crippen LogP contribution in [-0.4, -0.2) is 27.3 Å². The van der Waals surface area contributed by atoms with Crippen molar-refractivity contribution < 1.29 is 9.59 Å². The fraction of sp³-hybridized carbons (Fsp3) is 0.531. The molecule has 1 aromatic heterocycles. The van der Waals surface area contributed by atoms with E-state index in [1.807, 2.05) is 42.5 Å². The van der Waals surface area contributed by atoms with Crippen LogP contribution in [0.15, 0.2) is 42.5 Å². The number of aromatic nitrogens is 2. The van der Waals surface area contributed by atoms with Crippen LogP contribution in [0.2, 0.25) is 0 Å². The fourth-order valence-corrected chi connectivity index (χ4v) is 9.43. The van der Waals surface area contributed by atoms with E-state index in [9.17, 15) is 9.59 Å². The Bertz CT molecular complexity index is 1430. The van der Waals surface area contributed by atoms with Crippen LogP contribution in [0.1, 0.15) is 81.0 Å². The van der Waals surface area contributed by atoms with Crippen LogP contribution in [0.25, 0.3) is 22.4 Å². The van der Waals surface area contributed by atoms with Gasteiger partial charge in [0.15, 0.2) is 0 Å². The van der Waals surface area contributed by atoms with Crippen LogP contribution in [-0.2, 0) is 4.79 Å². The molecule has 3 aromatic rings. The van der Waals surface area contributed by atoms with Crippen LogP contribution in [0.5, 0.6) is 0 Å². The highest BCUT2D eigenvalue weighted by Crippen LogP contribution is 2.76. The quantitative estimate of drug-likeness (QED) is 0.370. The molecule has 0 radical (unpaired) electrons. The van der Waals surface area contributed by atoms with Crippen molar-refractivity contribution >= 4 is 28.5 Å². The van der Waals surface area contributed by atoms with Gasteiger partial charge in [-0.3, -0.25) is 9.59 Å². The Kier molecular flexibility index (Phi) is 4.90. The maximum atomic E-state index is 13.3. The van der Waals surface area contributed by atoms with Crippen LogP contribution >= 0.6 is 0 Å². The summed E-state index contributed by atoms with van der Waals surface area (Å²) in [6.45, 7) is 0. The molecule has 196 valence electrons. The van der Waals surface area contributed by atoms with E-state index in [4.69, 9.17) is 4.98 Å². The molecule has 1 heterocycles. The zero-order chi connectivity index (χ0) is 25.5. The van der Waals surface area contributed by atoms with E-state index < -0.39 is 0 Å². The predicted octanol–water partition coefficient (Wildman–Crippen LogP) is 6.45. The minimum atomic E-state index is 0.0252. The molecule has 5 aliphatic rings. The van der Waals surface area contributed by atoms with Crippen LogP contribution < -0.4 is 10.6 Å². The van der Waals surface area contributed by atoms with Gasteiger partial charge >= 0.3 is 0 Å². The van der Waals surface area contributed by atoms with Gasteiger partial charge in [0.25, 0.3) is 5.91 Å². The SMILES string of the molecule is O=C(NC12C[C@H]3C[C@@H]4C[C@@H](C1)C4(C3)C2)c1ccc(-c2nc3ccc(NC(=O)C4CCCCC4)cc3[nH]2)cc1. The average Bonchev–Trinajstić information content (AvgIpc) is 3.49. The summed E-state index contributed by atoms with van der Waals surface area (Å²) in [4.78, 5) is 34.1. The lowest BCUT2D eigenvalue weighted by Gasteiger charge is -2.49. The molecule has 3 N–H and O–H groups in total. The van der Waals surface area contributed by atoms with Gasteiger partial charge in [-0.15, -0.1) is 0 Å². The molecule has 0 saturated heterocycles. The first-order chi connectivity index (χ1) is 18.5. The highest BCUT2D eigenvalue weighted by Gasteiger charge is 2.71. The standard InChI is InChI=1S/C32H36N4O2/c37-29(21-4-2-1-3-5-21)33-25-10-11-26-27(14-25)35-28(34-26)20-6-8-22(9-7-20)30(38)36-31-15-19-12-23-13-24(17-31)32(23,16-19)18-31/h6-11,14,19,21,23-24H,1-5,12-13,15-18H2,(H,33,37)(H,34,35)(H,36,38)/t19-,23-,24+,31?,32?/m1/s1. The number of fused-ring (bicyclic) bond motifs is 3. The molecule has 2 unspecified atom stereocenters. The molecule has 2 aromatic carbocycles. The number of imidazole rings is 1. The zero-order valence-electron chi connectivity index (χ0n) is 21.9. The molecule has 5 atom stereocenters. The molecule has 5 fully saturated rings. The summed E-state index contributed by atoms with van der Waals surface area (Å²) in [6, 6.07) is 13.6. The molecule has 6 nitrogen and oxygen atoms in total. The van der Waals surface area contributed by atoms with Gasteiger partial charge in [-0.1, -0.05) is 31.4 Å². The van der Waals surface area contributed by atoms with Gasteiger partial charge in [0, 0.05) is 28.3 Å². The predicted molar refractivity (Wildman–Crippen MR) is 148 cm³/mol. The van der Waals surface area contributed by atoms with E-state index in [0.717, 1.165) is 77.1 Å². The minimum absolute atomic E-state index is 0.0252. The summed E-state index contributed by atoms with van der Waals surface area (Å²) in [6.07, 6.45) is 13.3. The first kappa shape index (κ1) is 22.8. The first-order valence-electron chi connectivity index (χ1n) is 14.7. The molecule has 8 rings (SSSR count). The maximum absolute atomic E-state index is 13.3. The number of anilines is 1. The monoisotopic (exact) mass is 508 g/mol. The van der Waals surface area contributed by atoms with Crippen molar-refractivity contribution in [2.24, 2.45) is 29.1 Å². The molecule has 38 heavy (non-hydrogen) atoms. The molecular weight excluding hydrogens is 472 g/mol. The number of amides is 2. The van der Waals surface area contributed by atoms with Gasteiger partial charge in [0.1, 0.15) is 5.82 Å². The molecule has 0 aliphatic heterocycles. The number of carbonyl (C=O) groups is 2. The number of benzene rings is 2. The third kappa shape index (κ3) is 3.48. The molecule has 2 amide bonds. The van der Waals surface area contributed by atoms with E-state index in [-0.39, 0.29) is 23.3 Å². The number of H-pyrrole nitrogens is 1. The fourth-order valence-electron chi connectivity index (χ4n) is 9.43. The summed E-state index contributed by atoms with van der Waals surface area (Å²) in [5, 5.41) is 6.62. The summed E-state index contributed by atoms with van der Waals surface area (Å²) in [7, 11) is 0. The van der Waals surface area contributed by atoms with Crippen LogP contribution in [0.4, 0.5) is 5.69 Å². The van der Waals surface area contributed by atoms with Crippen LogP contribution in [0, 0.1) is 29.1 Å². The number of nitrogens with one attached hydrogen (secondary N) is 3.